The zero-order valence-corrected chi connectivity index (χ0v) is 9.13. The first kappa shape index (κ1) is 11.2. The van der Waals surface area contributed by atoms with E-state index in [1.807, 2.05) is 13.8 Å². The fourth-order valence-corrected chi connectivity index (χ4v) is 1.56. The number of ether oxygens (including phenoxy) is 1. The van der Waals surface area contributed by atoms with Crippen LogP contribution in [0.1, 0.15) is 40.0 Å². The first-order valence-electron chi connectivity index (χ1n) is 5.23. The summed E-state index contributed by atoms with van der Waals surface area (Å²) in [6, 6.07) is 0. The highest BCUT2D eigenvalue weighted by atomic mass is 16.5. The third-order valence-electron chi connectivity index (χ3n) is 2.54. The molecule has 0 amide bonds. The summed E-state index contributed by atoms with van der Waals surface area (Å²) in [5.41, 5.74) is -0.750. The maximum atomic E-state index is 11.8. The summed E-state index contributed by atoms with van der Waals surface area (Å²) in [5.74, 6) is 0.0611. The second-order valence-electron chi connectivity index (χ2n) is 4.32. The van der Waals surface area contributed by atoms with Crippen LogP contribution in [0.15, 0.2) is 0 Å². The standard InChI is InChI=1S/C11H18O3/c1-4-14-10(13)11(5-6-11)9(12)7-8(2)3/h8H,4-7H2,1-3H3. The Kier molecular flexibility index (Phi) is 3.29. The highest BCUT2D eigenvalue weighted by Gasteiger charge is 2.56. The van der Waals surface area contributed by atoms with Crippen molar-refractivity contribution in [3.05, 3.63) is 0 Å². The van der Waals surface area contributed by atoms with Crippen LogP contribution in [0.4, 0.5) is 0 Å². The largest absolute Gasteiger partial charge is 0.465 e. The smallest absolute Gasteiger partial charge is 0.319 e. The zero-order valence-electron chi connectivity index (χ0n) is 9.13. The minimum atomic E-state index is -0.750. The van der Waals surface area contributed by atoms with Crippen LogP contribution in [-0.4, -0.2) is 18.4 Å². The molecule has 0 saturated heterocycles. The molecule has 0 aromatic carbocycles. The highest BCUT2D eigenvalue weighted by Crippen LogP contribution is 2.48. The second-order valence-corrected chi connectivity index (χ2v) is 4.32. The van der Waals surface area contributed by atoms with Crippen LogP contribution >= 0.6 is 0 Å². The van der Waals surface area contributed by atoms with E-state index in [2.05, 4.69) is 0 Å². The van der Waals surface area contributed by atoms with E-state index in [1.165, 1.54) is 0 Å². The van der Waals surface area contributed by atoms with Crippen molar-refractivity contribution in [1.29, 1.82) is 0 Å². The molecule has 0 spiro atoms. The Morgan fingerprint density at radius 2 is 1.93 bits per heavy atom. The Morgan fingerprint density at radius 3 is 2.29 bits per heavy atom. The SMILES string of the molecule is CCOC(=O)C1(C(=O)CC(C)C)CC1. The number of carbonyl (C=O) groups excluding carboxylic acids is 2. The molecular weight excluding hydrogens is 180 g/mol. The first-order chi connectivity index (χ1) is 6.53. The van der Waals surface area contributed by atoms with Gasteiger partial charge in [0.25, 0.3) is 0 Å². The van der Waals surface area contributed by atoms with Gasteiger partial charge in [0, 0.05) is 6.42 Å². The summed E-state index contributed by atoms with van der Waals surface area (Å²) in [6.07, 6.45) is 1.84. The molecule has 0 atom stereocenters. The van der Waals surface area contributed by atoms with E-state index in [1.54, 1.807) is 6.92 Å². The van der Waals surface area contributed by atoms with Crippen molar-refractivity contribution in [2.75, 3.05) is 6.61 Å². The van der Waals surface area contributed by atoms with Gasteiger partial charge in [-0.05, 0) is 25.7 Å². The molecule has 0 aromatic rings. The van der Waals surface area contributed by atoms with Gasteiger partial charge in [0.05, 0.1) is 6.61 Å². The molecule has 3 heteroatoms. The molecule has 0 aliphatic heterocycles. The Morgan fingerprint density at radius 1 is 1.36 bits per heavy atom. The molecule has 14 heavy (non-hydrogen) atoms. The lowest BCUT2D eigenvalue weighted by atomic mass is 9.94. The highest BCUT2D eigenvalue weighted by molar-refractivity contribution is 6.06. The molecule has 0 heterocycles. The summed E-state index contributed by atoms with van der Waals surface area (Å²) in [4.78, 5) is 23.3. The summed E-state index contributed by atoms with van der Waals surface area (Å²) in [6.45, 7) is 6.09. The quantitative estimate of drug-likeness (QED) is 0.501. The minimum absolute atomic E-state index is 0.0611. The van der Waals surface area contributed by atoms with Crippen molar-refractivity contribution in [3.8, 4) is 0 Å². The van der Waals surface area contributed by atoms with Crippen LogP contribution in [0.2, 0.25) is 0 Å². The Balaban J connectivity index is 2.57. The number of rotatable bonds is 5. The van der Waals surface area contributed by atoms with Gasteiger partial charge >= 0.3 is 5.97 Å². The van der Waals surface area contributed by atoms with Crippen molar-refractivity contribution >= 4 is 11.8 Å². The molecule has 0 bridgehead atoms. The summed E-state index contributed by atoms with van der Waals surface area (Å²) in [7, 11) is 0. The van der Waals surface area contributed by atoms with Crippen LogP contribution in [0, 0.1) is 11.3 Å². The van der Waals surface area contributed by atoms with Gasteiger partial charge in [-0.1, -0.05) is 13.8 Å². The number of hydrogen-bond acceptors (Lipinski definition) is 3. The van der Waals surface area contributed by atoms with Gasteiger partial charge < -0.3 is 4.74 Å². The van der Waals surface area contributed by atoms with Gasteiger partial charge in [0.1, 0.15) is 11.2 Å². The van der Waals surface area contributed by atoms with Gasteiger partial charge in [-0.15, -0.1) is 0 Å². The van der Waals surface area contributed by atoms with Gasteiger partial charge in [-0.3, -0.25) is 9.59 Å². The predicted molar refractivity (Wildman–Crippen MR) is 52.8 cm³/mol. The minimum Gasteiger partial charge on any atom is -0.465 e. The Hall–Kier alpha value is -0.860. The third-order valence-corrected chi connectivity index (χ3v) is 2.54. The molecule has 0 aromatic heterocycles. The molecule has 0 unspecified atom stereocenters. The van der Waals surface area contributed by atoms with Crippen LogP contribution in [0.3, 0.4) is 0 Å². The predicted octanol–water partition coefficient (Wildman–Crippen LogP) is 1.94. The fraction of sp³-hybridized carbons (Fsp3) is 0.818. The topological polar surface area (TPSA) is 43.4 Å². The van der Waals surface area contributed by atoms with E-state index in [9.17, 15) is 9.59 Å². The first-order valence-corrected chi connectivity index (χ1v) is 5.23. The van der Waals surface area contributed by atoms with Crippen molar-refractivity contribution in [2.24, 2.45) is 11.3 Å². The molecule has 1 aliphatic carbocycles. The Bertz CT molecular complexity index is 239. The average molecular weight is 198 g/mol. The van der Waals surface area contributed by atoms with E-state index < -0.39 is 5.41 Å². The summed E-state index contributed by atoms with van der Waals surface area (Å²) in [5, 5.41) is 0. The number of esters is 1. The third kappa shape index (κ3) is 2.14. The molecule has 3 nitrogen and oxygen atoms in total. The van der Waals surface area contributed by atoms with Crippen molar-refractivity contribution < 1.29 is 14.3 Å². The number of hydrogen-bond donors (Lipinski definition) is 0. The molecule has 1 aliphatic rings. The van der Waals surface area contributed by atoms with E-state index in [-0.39, 0.29) is 11.8 Å². The normalized spacial score (nSPS) is 18.0. The molecule has 1 rings (SSSR count). The van der Waals surface area contributed by atoms with E-state index >= 15 is 0 Å². The molecular formula is C11H18O3. The fourth-order valence-electron chi connectivity index (χ4n) is 1.56. The van der Waals surface area contributed by atoms with Crippen LogP contribution in [0.5, 0.6) is 0 Å². The lowest BCUT2D eigenvalue weighted by Crippen LogP contribution is -2.28. The molecule has 1 saturated carbocycles. The van der Waals surface area contributed by atoms with Gasteiger partial charge in [-0.25, -0.2) is 0 Å². The maximum absolute atomic E-state index is 11.8. The van der Waals surface area contributed by atoms with Crippen molar-refractivity contribution in [2.45, 2.75) is 40.0 Å². The van der Waals surface area contributed by atoms with E-state index in [0.717, 1.165) is 0 Å². The number of Topliss-reactive ketones (excluding diaryl/α,β-unsaturated/α-hetero) is 1. The van der Waals surface area contributed by atoms with Crippen molar-refractivity contribution in [1.82, 2.24) is 0 Å². The summed E-state index contributed by atoms with van der Waals surface area (Å²) >= 11 is 0. The maximum Gasteiger partial charge on any atom is 0.319 e. The lowest BCUT2D eigenvalue weighted by molar-refractivity contribution is -0.153. The average Bonchev–Trinajstić information content (AvgIpc) is 2.83. The Labute approximate surface area is 84.8 Å². The summed E-state index contributed by atoms with van der Waals surface area (Å²) < 4.78 is 4.91. The zero-order chi connectivity index (χ0) is 10.8. The van der Waals surface area contributed by atoms with Gasteiger partial charge in [-0.2, -0.15) is 0 Å². The van der Waals surface area contributed by atoms with Crippen LogP contribution in [0.25, 0.3) is 0 Å². The molecule has 0 N–H and O–H groups in total. The molecule has 80 valence electrons. The van der Waals surface area contributed by atoms with Crippen molar-refractivity contribution in [3.63, 3.8) is 0 Å². The number of ketones is 1. The molecule has 1 fully saturated rings. The van der Waals surface area contributed by atoms with Crippen LogP contribution < -0.4 is 0 Å². The molecule has 0 radical (unpaired) electrons. The monoisotopic (exact) mass is 198 g/mol. The van der Waals surface area contributed by atoms with Gasteiger partial charge in [0.15, 0.2) is 0 Å². The lowest BCUT2D eigenvalue weighted by Gasteiger charge is -2.13. The van der Waals surface area contributed by atoms with Crippen LogP contribution in [-0.2, 0) is 14.3 Å². The van der Waals surface area contributed by atoms with E-state index in [4.69, 9.17) is 4.74 Å². The van der Waals surface area contributed by atoms with Gasteiger partial charge in [0.2, 0.25) is 0 Å². The number of carbonyl (C=O) groups is 2. The second kappa shape index (κ2) is 4.11. The van der Waals surface area contributed by atoms with E-state index in [0.29, 0.717) is 31.8 Å².